The molecule has 3 rings (SSSR count). The summed E-state index contributed by atoms with van der Waals surface area (Å²) in [6.07, 6.45) is 1.22. The summed E-state index contributed by atoms with van der Waals surface area (Å²) in [7, 11) is -4.19. The van der Waals surface area contributed by atoms with E-state index in [0.717, 1.165) is 6.07 Å². The van der Waals surface area contributed by atoms with Gasteiger partial charge in [-0.25, -0.2) is 0 Å². The Kier molecular flexibility index (Phi) is 3.11. The molecule has 0 amide bonds. The van der Waals surface area contributed by atoms with E-state index in [1.807, 2.05) is 0 Å². The highest BCUT2D eigenvalue weighted by molar-refractivity contribution is 7.89. The zero-order chi connectivity index (χ0) is 15.2. The molecule has 2 heterocycles. The molecular weight excluding hydrogens is 316 g/mol. The van der Waals surface area contributed by atoms with E-state index < -0.39 is 15.6 Å². The van der Waals surface area contributed by atoms with Crippen molar-refractivity contribution in [2.24, 2.45) is 0 Å². The van der Waals surface area contributed by atoms with Gasteiger partial charge in [-0.05, 0) is 31.2 Å². The second-order valence-electron chi connectivity index (χ2n) is 4.36. The number of rotatable bonds is 2. The molecule has 8 heteroatoms. The molecule has 2 aromatic heterocycles. The van der Waals surface area contributed by atoms with E-state index >= 15 is 0 Å². The van der Waals surface area contributed by atoms with Gasteiger partial charge in [-0.3, -0.25) is 4.79 Å². The molecule has 6 nitrogen and oxygen atoms in total. The molecule has 0 aliphatic carbocycles. The number of hydrogen-bond acceptors (Lipinski definition) is 5. The molecule has 0 fully saturated rings. The molecule has 21 heavy (non-hydrogen) atoms. The van der Waals surface area contributed by atoms with E-state index in [1.54, 1.807) is 25.1 Å². The average Bonchev–Trinajstić information content (AvgIpc) is 2.77. The van der Waals surface area contributed by atoms with Crippen molar-refractivity contribution in [2.75, 3.05) is 0 Å². The fourth-order valence-corrected chi connectivity index (χ4v) is 3.52. The highest BCUT2D eigenvalue weighted by Crippen LogP contribution is 2.30. The Bertz CT molecular complexity index is 1000. The van der Waals surface area contributed by atoms with Gasteiger partial charge in [-0.1, -0.05) is 11.6 Å². The Hall–Kier alpha value is -2.12. The minimum atomic E-state index is -4.19. The number of aryl methyl sites for hydroxylation is 1. The normalized spacial score (nSPS) is 11.9. The van der Waals surface area contributed by atoms with Gasteiger partial charge in [0.25, 0.3) is 5.56 Å². The van der Waals surface area contributed by atoms with Crippen LogP contribution in [0.1, 0.15) is 5.56 Å². The van der Waals surface area contributed by atoms with E-state index in [0.29, 0.717) is 25.6 Å². The lowest BCUT2D eigenvalue weighted by Crippen LogP contribution is -2.28. The molecule has 0 spiro atoms. The summed E-state index contributed by atoms with van der Waals surface area (Å²) in [5.41, 5.74) is -0.0000957. The summed E-state index contributed by atoms with van der Waals surface area (Å²) in [4.78, 5) is 11.7. The van der Waals surface area contributed by atoms with Crippen molar-refractivity contribution in [3.63, 3.8) is 0 Å². The molecule has 108 valence electrons. The van der Waals surface area contributed by atoms with Crippen LogP contribution in [-0.2, 0) is 10.0 Å². The second kappa shape index (κ2) is 4.71. The molecule has 0 bridgehead atoms. The maximum atomic E-state index is 12.5. The number of benzene rings is 1. The first-order valence-electron chi connectivity index (χ1n) is 5.90. The summed E-state index contributed by atoms with van der Waals surface area (Å²) < 4.78 is 30.8. The molecule has 0 radical (unpaired) electrons. The first kappa shape index (κ1) is 13.8. The summed E-state index contributed by atoms with van der Waals surface area (Å²) in [5, 5.41) is 4.30. The maximum absolute atomic E-state index is 12.5. The van der Waals surface area contributed by atoms with E-state index in [1.165, 1.54) is 12.3 Å². The Morgan fingerprint density at radius 1 is 1.29 bits per heavy atom. The van der Waals surface area contributed by atoms with Gasteiger partial charge in [0.05, 0.1) is 0 Å². The average molecular weight is 325 g/mol. The summed E-state index contributed by atoms with van der Waals surface area (Å²) in [5.74, 6) is 0. The molecule has 0 saturated carbocycles. The van der Waals surface area contributed by atoms with Crippen LogP contribution >= 0.6 is 11.6 Å². The fraction of sp³-hybridized carbons (Fsp3) is 0.0769. The predicted octanol–water partition coefficient (Wildman–Crippen LogP) is 2.19. The van der Waals surface area contributed by atoms with Crippen LogP contribution < -0.4 is 5.56 Å². The maximum Gasteiger partial charge on any atom is 0.320 e. The van der Waals surface area contributed by atoms with Crippen molar-refractivity contribution in [3.05, 3.63) is 57.5 Å². The molecule has 0 unspecified atom stereocenters. The molecule has 0 saturated heterocycles. The number of hydrogen-bond donors (Lipinski definition) is 0. The number of aromatic nitrogens is 2. The Morgan fingerprint density at radius 3 is 2.76 bits per heavy atom. The molecule has 1 aromatic carbocycles. The van der Waals surface area contributed by atoms with Crippen LogP contribution in [0.25, 0.3) is 11.0 Å². The van der Waals surface area contributed by atoms with Gasteiger partial charge in [-0.15, -0.1) is 4.09 Å². The Balaban J connectivity index is 2.32. The Morgan fingerprint density at radius 2 is 2.05 bits per heavy atom. The number of nitrogens with zero attached hydrogens (tertiary/aromatic N) is 2. The van der Waals surface area contributed by atoms with Crippen molar-refractivity contribution in [2.45, 2.75) is 12.0 Å². The van der Waals surface area contributed by atoms with Crippen molar-refractivity contribution < 1.29 is 12.8 Å². The third-order valence-corrected chi connectivity index (χ3v) is 4.82. The highest BCUT2D eigenvalue weighted by atomic mass is 35.5. The molecule has 0 aliphatic heterocycles. The number of furan rings is 1. The van der Waals surface area contributed by atoms with Crippen LogP contribution in [0, 0.1) is 6.92 Å². The fourth-order valence-electron chi connectivity index (χ4n) is 2.02. The third kappa shape index (κ3) is 2.14. The lowest BCUT2D eigenvalue weighted by atomic mass is 10.2. The zero-order valence-electron chi connectivity index (χ0n) is 10.8. The molecular formula is C13H9ClN2O4S. The minimum Gasteiger partial charge on any atom is -0.442 e. The van der Waals surface area contributed by atoms with E-state index in [4.69, 9.17) is 16.0 Å². The van der Waals surface area contributed by atoms with Gasteiger partial charge >= 0.3 is 10.0 Å². The van der Waals surface area contributed by atoms with Gasteiger partial charge in [0.15, 0.2) is 0 Å². The standard InChI is InChI=1S/C13H9ClN2O4S/c1-8-10-7-9(14)4-5-11(10)20-13(8)21(18,19)16-12(17)3-2-6-15-16/h2-7H,1H3. The zero-order valence-corrected chi connectivity index (χ0v) is 12.4. The lowest BCUT2D eigenvalue weighted by Gasteiger charge is -2.03. The molecule has 3 aromatic rings. The Labute approximate surface area is 124 Å². The monoisotopic (exact) mass is 324 g/mol. The van der Waals surface area contributed by atoms with E-state index in [2.05, 4.69) is 5.10 Å². The predicted molar refractivity (Wildman–Crippen MR) is 77.0 cm³/mol. The van der Waals surface area contributed by atoms with Gasteiger partial charge in [-0.2, -0.15) is 13.5 Å². The van der Waals surface area contributed by atoms with Crippen LogP contribution in [0.15, 0.2) is 50.8 Å². The van der Waals surface area contributed by atoms with Gasteiger partial charge < -0.3 is 4.42 Å². The lowest BCUT2D eigenvalue weighted by molar-refractivity contribution is 0.469. The second-order valence-corrected chi connectivity index (χ2v) is 6.47. The smallest absolute Gasteiger partial charge is 0.320 e. The minimum absolute atomic E-state index is 0.319. The number of fused-ring (bicyclic) bond motifs is 1. The van der Waals surface area contributed by atoms with Crippen molar-refractivity contribution in [1.29, 1.82) is 0 Å². The van der Waals surface area contributed by atoms with Gasteiger partial charge in [0.2, 0.25) is 5.09 Å². The number of halogens is 1. The summed E-state index contributed by atoms with van der Waals surface area (Å²) >= 11 is 5.90. The SMILES string of the molecule is Cc1c(S(=O)(=O)n2ncccc2=O)oc2ccc(Cl)cc12. The van der Waals surface area contributed by atoms with Crippen LogP contribution in [0.2, 0.25) is 5.02 Å². The molecule has 0 atom stereocenters. The van der Waals surface area contributed by atoms with Crippen LogP contribution in [0.5, 0.6) is 0 Å². The topological polar surface area (TPSA) is 82.2 Å². The van der Waals surface area contributed by atoms with Gasteiger partial charge in [0.1, 0.15) is 5.58 Å². The van der Waals surface area contributed by atoms with Crippen molar-refractivity contribution in [1.82, 2.24) is 9.19 Å². The summed E-state index contributed by atoms with van der Waals surface area (Å²) in [6, 6.07) is 7.25. The first-order chi connectivity index (χ1) is 9.91. The quantitative estimate of drug-likeness (QED) is 0.721. The van der Waals surface area contributed by atoms with Crippen LogP contribution in [0.4, 0.5) is 0 Å². The molecule has 0 aliphatic rings. The van der Waals surface area contributed by atoms with E-state index in [-0.39, 0.29) is 5.09 Å². The van der Waals surface area contributed by atoms with E-state index in [9.17, 15) is 13.2 Å². The largest absolute Gasteiger partial charge is 0.442 e. The van der Waals surface area contributed by atoms with Gasteiger partial charge in [0, 0.05) is 28.2 Å². The van der Waals surface area contributed by atoms with Crippen LogP contribution in [0.3, 0.4) is 0 Å². The van der Waals surface area contributed by atoms with Crippen molar-refractivity contribution >= 4 is 32.6 Å². The summed E-state index contributed by atoms with van der Waals surface area (Å²) in [6.45, 7) is 1.59. The first-order valence-corrected chi connectivity index (χ1v) is 7.71. The van der Waals surface area contributed by atoms with Crippen LogP contribution in [-0.4, -0.2) is 17.6 Å². The third-order valence-electron chi connectivity index (χ3n) is 3.00. The highest BCUT2D eigenvalue weighted by Gasteiger charge is 2.27. The molecule has 0 N–H and O–H groups in total. The van der Waals surface area contributed by atoms with Crippen molar-refractivity contribution in [3.8, 4) is 0 Å².